The van der Waals surface area contributed by atoms with Crippen LogP contribution in [0.3, 0.4) is 0 Å². The van der Waals surface area contributed by atoms with Crippen LogP contribution in [0.15, 0.2) is 18.2 Å². The summed E-state index contributed by atoms with van der Waals surface area (Å²) in [4.78, 5) is 25.5. The normalized spacial score (nSPS) is 28.6. The van der Waals surface area contributed by atoms with E-state index in [4.69, 9.17) is 0 Å². The number of rotatable bonds is 3. The molecular weight excluding hydrogens is 304 g/mol. The van der Waals surface area contributed by atoms with E-state index in [1.165, 1.54) is 6.07 Å². The maximum atomic E-state index is 13.8. The number of amides is 3. The number of imide groups is 1. The van der Waals surface area contributed by atoms with Crippen LogP contribution in [0.2, 0.25) is 0 Å². The molecule has 0 aliphatic carbocycles. The molecule has 3 amide bonds. The highest BCUT2D eigenvalue weighted by atomic mass is 19.2. The minimum atomic E-state index is -0.948. The first kappa shape index (κ1) is 15.9. The Morgan fingerprint density at radius 3 is 2.83 bits per heavy atom. The van der Waals surface area contributed by atoms with E-state index < -0.39 is 23.2 Å². The topological polar surface area (TPSA) is 61.4 Å². The van der Waals surface area contributed by atoms with Crippen molar-refractivity contribution >= 4 is 11.9 Å². The van der Waals surface area contributed by atoms with Crippen molar-refractivity contribution in [3.8, 4) is 0 Å². The van der Waals surface area contributed by atoms with E-state index in [0.29, 0.717) is 12.1 Å². The zero-order valence-electron chi connectivity index (χ0n) is 12.9. The number of halogens is 2. The molecule has 0 aromatic heterocycles. The van der Waals surface area contributed by atoms with Crippen molar-refractivity contribution in [3.63, 3.8) is 0 Å². The maximum Gasteiger partial charge on any atom is 0.322 e. The molecule has 0 saturated carbocycles. The van der Waals surface area contributed by atoms with E-state index >= 15 is 0 Å². The fraction of sp³-hybridized carbons (Fsp3) is 0.500. The van der Waals surface area contributed by atoms with Crippen molar-refractivity contribution < 1.29 is 18.4 Å². The summed E-state index contributed by atoms with van der Waals surface area (Å²) < 4.78 is 27.1. The van der Waals surface area contributed by atoms with Crippen LogP contribution in [0.5, 0.6) is 0 Å². The molecule has 1 aromatic rings. The quantitative estimate of drug-likeness (QED) is 0.834. The summed E-state index contributed by atoms with van der Waals surface area (Å²) >= 11 is 0. The van der Waals surface area contributed by atoms with E-state index in [1.54, 1.807) is 13.0 Å². The van der Waals surface area contributed by atoms with Crippen LogP contribution < -0.4 is 10.6 Å². The molecule has 2 heterocycles. The highest BCUT2D eigenvalue weighted by Crippen LogP contribution is 2.30. The summed E-state index contributed by atoms with van der Waals surface area (Å²) in [6.45, 7) is 3.29. The highest BCUT2D eigenvalue weighted by Gasteiger charge is 2.48. The fourth-order valence-electron chi connectivity index (χ4n) is 3.43. The SMILES string of the molecule is C[C@@]1([C@@H]2CCCN(Cc3cccc(F)c3F)C2)NC(=O)NC1=O. The van der Waals surface area contributed by atoms with Gasteiger partial charge in [-0.1, -0.05) is 12.1 Å². The number of nitrogens with zero attached hydrogens (tertiary/aromatic N) is 1. The average Bonchev–Trinajstić information content (AvgIpc) is 2.78. The molecule has 3 rings (SSSR count). The Kier molecular flexibility index (Phi) is 4.06. The first-order valence-corrected chi connectivity index (χ1v) is 7.69. The molecule has 0 bridgehead atoms. The summed E-state index contributed by atoms with van der Waals surface area (Å²) in [6.07, 6.45) is 1.63. The van der Waals surface area contributed by atoms with E-state index in [0.717, 1.165) is 25.5 Å². The molecule has 1 aromatic carbocycles. The Hall–Kier alpha value is -2.02. The smallest absolute Gasteiger partial charge is 0.322 e. The molecular formula is C16H19F2N3O2. The first-order chi connectivity index (χ1) is 10.9. The molecule has 0 spiro atoms. The average molecular weight is 323 g/mol. The molecule has 2 fully saturated rings. The molecule has 5 nitrogen and oxygen atoms in total. The van der Waals surface area contributed by atoms with Crippen molar-refractivity contribution in [2.75, 3.05) is 13.1 Å². The minimum absolute atomic E-state index is 0.0701. The van der Waals surface area contributed by atoms with Gasteiger partial charge in [-0.25, -0.2) is 13.6 Å². The number of hydrogen-bond donors (Lipinski definition) is 2. The predicted octanol–water partition coefficient (Wildman–Crippen LogP) is 1.77. The van der Waals surface area contributed by atoms with Crippen molar-refractivity contribution in [1.29, 1.82) is 0 Å². The minimum Gasteiger partial charge on any atom is -0.323 e. The molecule has 2 aliphatic heterocycles. The van der Waals surface area contributed by atoms with Gasteiger partial charge in [-0.3, -0.25) is 15.0 Å². The van der Waals surface area contributed by atoms with Gasteiger partial charge in [0.15, 0.2) is 11.6 Å². The first-order valence-electron chi connectivity index (χ1n) is 7.69. The van der Waals surface area contributed by atoms with Crippen LogP contribution >= 0.6 is 0 Å². The lowest BCUT2D eigenvalue weighted by Gasteiger charge is -2.39. The van der Waals surface area contributed by atoms with Gasteiger partial charge in [0.1, 0.15) is 5.54 Å². The summed E-state index contributed by atoms with van der Waals surface area (Å²) in [5, 5.41) is 4.96. The van der Waals surface area contributed by atoms with Gasteiger partial charge in [-0.15, -0.1) is 0 Å². The van der Waals surface area contributed by atoms with E-state index in [1.807, 2.05) is 4.90 Å². The second-order valence-corrected chi connectivity index (χ2v) is 6.40. The maximum absolute atomic E-state index is 13.8. The third kappa shape index (κ3) is 2.93. The molecule has 2 atom stereocenters. The van der Waals surface area contributed by atoms with Crippen molar-refractivity contribution in [3.05, 3.63) is 35.4 Å². The third-order valence-corrected chi connectivity index (χ3v) is 4.82. The van der Waals surface area contributed by atoms with Crippen LogP contribution in [0, 0.1) is 17.6 Å². The fourth-order valence-corrected chi connectivity index (χ4v) is 3.43. The monoisotopic (exact) mass is 323 g/mol. The molecule has 7 heteroatoms. The molecule has 2 saturated heterocycles. The number of carbonyl (C=O) groups is 2. The summed E-state index contributed by atoms with van der Waals surface area (Å²) in [7, 11) is 0. The lowest BCUT2D eigenvalue weighted by atomic mass is 9.80. The molecule has 0 unspecified atom stereocenters. The van der Waals surface area contributed by atoms with E-state index in [9.17, 15) is 18.4 Å². The molecule has 2 aliphatic rings. The third-order valence-electron chi connectivity index (χ3n) is 4.82. The highest BCUT2D eigenvalue weighted by molar-refractivity contribution is 6.06. The van der Waals surface area contributed by atoms with Gasteiger partial charge in [0.05, 0.1) is 0 Å². The van der Waals surface area contributed by atoms with Crippen LogP contribution in [-0.2, 0) is 11.3 Å². The number of carbonyl (C=O) groups excluding carboxylic acids is 2. The van der Waals surface area contributed by atoms with E-state index in [-0.39, 0.29) is 18.4 Å². The number of piperidine rings is 1. The Morgan fingerprint density at radius 2 is 2.13 bits per heavy atom. The summed E-state index contributed by atoms with van der Waals surface area (Å²) in [5.41, 5.74) is -0.647. The molecule has 23 heavy (non-hydrogen) atoms. The Labute approximate surface area is 133 Å². The Morgan fingerprint density at radius 1 is 1.35 bits per heavy atom. The van der Waals surface area contributed by atoms with Crippen LogP contribution in [0.25, 0.3) is 0 Å². The number of benzene rings is 1. The van der Waals surface area contributed by atoms with Gasteiger partial charge < -0.3 is 5.32 Å². The van der Waals surface area contributed by atoms with Gasteiger partial charge in [-0.05, 0) is 32.4 Å². The standard InChI is InChI=1S/C16H19F2N3O2/c1-16(14(22)19-15(23)20-16)11-5-3-7-21(9-11)8-10-4-2-6-12(17)13(10)18/h2,4,6,11H,3,5,7-9H2,1H3,(H2,19,20,22,23)/t11-,16+/m1/s1. The zero-order valence-corrected chi connectivity index (χ0v) is 12.9. The van der Waals surface area contributed by atoms with Gasteiger partial charge >= 0.3 is 6.03 Å². The number of likely N-dealkylation sites (tertiary alicyclic amines) is 1. The van der Waals surface area contributed by atoms with Gasteiger partial charge in [0.25, 0.3) is 5.91 Å². The van der Waals surface area contributed by atoms with Gasteiger partial charge in [0.2, 0.25) is 0 Å². The van der Waals surface area contributed by atoms with Crippen LogP contribution in [-0.4, -0.2) is 35.5 Å². The number of nitrogens with one attached hydrogen (secondary N) is 2. The van der Waals surface area contributed by atoms with E-state index in [2.05, 4.69) is 10.6 Å². The van der Waals surface area contributed by atoms with Crippen LogP contribution in [0.4, 0.5) is 13.6 Å². The van der Waals surface area contributed by atoms with Gasteiger partial charge in [0, 0.05) is 24.6 Å². The lowest BCUT2D eigenvalue weighted by Crippen LogP contribution is -2.55. The van der Waals surface area contributed by atoms with Crippen molar-refractivity contribution in [2.45, 2.75) is 31.8 Å². The molecule has 124 valence electrons. The predicted molar refractivity (Wildman–Crippen MR) is 79.4 cm³/mol. The summed E-state index contributed by atoms with van der Waals surface area (Å²) in [5.74, 6) is -2.08. The Balaban J connectivity index is 1.73. The van der Waals surface area contributed by atoms with Crippen molar-refractivity contribution in [2.24, 2.45) is 5.92 Å². The molecule has 2 N–H and O–H groups in total. The molecule has 0 radical (unpaired) electrons. The second kappa shape index (κ2) is 5.88. The Bertz CT molecular complexity index is 652. The lowest BCUT2D eigenvalue weighted by molar-refractivity contribution is -0.126. The zero-order chi connectivity index (χ0) is 16.6. The van der Waals surface area contributed by atoms with Gasteiger partial charge in [-0.2, -0.15) is 0 Å². The summed E-state index contributed by atoms with van der Waals surface area (Å²) in [6, 6.07) is 3.66. The number of urea groups is 1. The van der Waals surface area contributed by atoms with Crippen LogP contribution in [0.1, 0.15) is 25.3 Å². The van der Waals surface area contributed by atoms with Crippen molar-refractivity contribution in [1.82, 2.24) is 15.5 Å². The largest absolute Gasteiger partial charge is 0.323 e. The second-order valence-electron chi connectivity index (χ2n) is 6.40. The number of hydrogen-bond acceptors (Lipinski definition) is 3.